The summed E-state index contributed by atoms with van der Waals surface area (Å²) in [5, 5.41) is 11.3. The van der Waals surface area contributed by atoms with Crippen molar-refractivity contribution in [2.75, 3.05) is 13.7 Å². The van der Waals surface area contributed by atoms with E-state index in [4.69, 9.17) is 37.4 Å². The van der Waals surface area contributed by atoms with Crippen LogP contribution in [0.15, 0.2) is 81.9 Å². The standard InChI is InChI=1S/C29H22Cl2FNO6S/c1-3-38-29(36)24-25(34)23(40-28(24)33-27(35)19-9-4-5-10-20(19)30)14-17-12-21(31)26(22(13-17)37-2)39-15-16-7-6-8-18(32)11-16/h4-14,34H,3,15H2,1-2H3/b23-14-,33-28?. The minimum Gasteiger partial charge on any atom is -0.506 e. The molecule has 0 fully saturated rings. The highest BCUT2D eigenvalue weighted by Crippen LogP contribution is 2.42. The quantitative estimate of drug-likeness (QED) is 0.268. The molecule has 0 aromatic heterocycles. The van der Waals surface area contributed by atoms with Gasteiger partial charge < -0.3 is 19.3 Å². The highest BCUT2D eigenvalue weighted by atomic mass is 35.5. The van der Waals surface area contributed by atoms with Crippen molar-refractivity contribution in [2.24, 2.45) is 4.99 Å². The third-order valence-electron chi connectivity index (χ3n) is 5.50. The van der Waals surface area contributed by atoms with Crippen LogP contribution in [0.2, 0.25) is 10.0 Å². The normalized spacial score (nSPS) is 15.0. The second-order valence-corrected chi connectivity index (χ2v) is 10.1. The number of ether oxygens (including phenoxy) is 3. The summed E-state index contributed by atoms with van der Waals surface area (Å²) in [6.07, 6.45) is 1.55. The fraction of sp³-hybridized carbons (Fsp3) is 0.138. The van der Waals surface area contributed by atoms with E-state index < -0.39 is 17.6 Å². The van der Waals surface area contributed by atoms with E-state index in [0.717, 1.165) is 11.8 Å². The lowest BCUT2D eigenvalue weighted by Crippen LogP contribution is -2.14. The summed E-state index contributed by atoms with van der Waals surface area (Å²) in [7, 11) is 1.43. The van der Waals surface area contributed by atoms with Crippen molar-refractivity contribution in [2.45, 2.75) is 13.5 Å². The fourth-order valence-corrected chi connectivity index (χ4v) is 5.18. The van der Waals surface area contributed by atoms with Gasteiger partial charge in [-0.05, 0) is 60.5 Å². The van der Waals surface area contributed by atoms with Crippen molar-refractivity contribution in [3.8, 4) is 11.5 Å². The number of methoxy groups -OCH3 is 1. The van der Waals surface area contributed by atoms with Gasteiger partial charge in [0.05, 0.1) is 34.2 Å². The molecular weight excluding hydrogens is 580 g/mol. The molecule has 0 radical (unpaired) electrons. The molecule has 0 bridgehead atoms. The van der Waals surface area contributed by atoms with E-state index in [1.54, 1.807) is 55.5 Å². The average molecular weight is 602 g/mol. The summed E-state index contributed by atoms with van der Waals surface area (Å²) < 4.78 is 29.8. The number of aliphatic imine (C=N–C) groups is 1. The Hall–Kier alpha value is -3.79. The molecule has 1 N–H and O–H groups in total. The number of thioether (sulfide) groups is 1. The minimum atomic E-state index is -0.835. The highest BCUT2D eigenvalue weighted by Gasteiger charge is 2.34. The number of aliphatic hydroxyl groups is 1. The van der Waals surface area contributed by atoms with E-state index in [-0.39, 0.29) is 61.7 Å². The molecular formula is C29H22Cl2FNO6S. The molecule has 0 saturated heterocycles. The van der Waals surface area contributed by atoms with Crippen molar-refractivity contribution < 1.29 is 33.3 Å². The molecule has 206 valence electrons. The molecule has 0 spiro atoms. The Morgan fingerprint density at radius 3 is 2.55 bits per heavy atom. The second-order valence-electron chi connectivity index (χ2n) is 8.21. The van der Waals surface area contributed by atoms with E-state index in [9.17, 15) is 19.1 Å². The molecule has 4 rings (SSSR count). The van der Waals surface area contributed by atoms with Gasteiger partial charge >= 0.3 is 5.97 Å². The number of carbonyl (C=O) groups excluding carboxylic acids is 2. The van der Waals surface area contributed by atoms with E-state index in [0.29, 0.717) is 11.1 Å². The Labute approximate surface area is 243 Å². The highest BCUT2D eigenvalue weighted by molar-refractivity contribution is 8.18. The van der Waals surface area contributed by atoms with Gasteiger partial charge in [0.25, 0.3) is 5.91 Å². The van der Waals surface area contributed by atoms with Crippen molar-refractivity contribution >= 4 is 58.0 Å². The van der Waals surface area contributed by atoms with Crippen molar-refractivity contribution in [3.05, 3.63) is 109 Å². The maximum atomic E-state index is 13.5. The van der Waals surface area contributed by atoms with E-state index in [1.165, 1.54) is 25.3 Å². The van der Waals surface area contributed by atoms with Crippen LogP contribution in [0.1, 0.15) is 28.4 Å². The van der Waals surface area contributed by atoms with E-state index in [2.05, 4.69) is 4.99 Å². The molecule has 0 aliphatic carbocycles. The van der Waals surface area contributed by atoms with Crippen LogP contribution < -0.4 is 9.47 Å². The summed E-state index contributed by atoms with van der Waals surface area (Å²) in [5.74, 6) is -1.78. The van der Waals surface area contributed by atoms with Crippen LogP contribution in [0.5, 0.6) is 11.5 Å². The fourth-order valence-electron chi connectivity index (χ4n) is 3.68. The topological polar surface area (TPSA) is 94.4 Å². The largest absolute Gasteiger partial charge is 0.506 e. The van der Waals surface area contributed by atoms with Gasteiger partial charge in [-0.2, -0.15) is 0 Å². The number of hydrogen-bond acceptors (Lipinski definition) is 7. The van der Waals surface area contributed by atoms with Gasteiger partial charge in [0.2, 0.25) is 0 Å². The average Bonchev–Trinajstić information content (AvgIpc) is 3.22. The van der Waals surface area contributed by atoms with Crippen LogP contribution in [0, 0.1) is 5.82 Å². The van der Waals surface area contributed by atoms with Gasteiger partial charge in [-0.3, -0.25) is 4.79 Å². The number of halogens is 3. The molecule has 0 saturated carbocycles. The van der Waals surface area contributed by atoms with Crippen molar-refractivity contribution in [1.82, 2.24) is 0 Å². The number of amides is 1. The molecule has 1 aliphatic rings. The molecule has 11 heteroatoms. The van der Waals surface area contributed by atoms with Crippen LogP contribution in [0.25, 0.3) is 6.08 Å². The zero-order valence-corrected chi connectivity index (χ0v) is 23.6. The maximum Gasteiger partial charge on any atom is 0.344 e. The first-order valence-corrected chi connectivity index (χ1v) is 13.4. The molecule has 1 heterocycles. The Balaban J connectivity index is 1.67. The maximum absolute atomic E-state index is 13.5. The zero-order valence-electron chi connectivity index (χ0n) is 21.2. The summed E-state index contributed by atoms with van der Waals surface area (Å²) in [6, 6.07) is 15.5. The number of esters is 1. The number of rotatable bonds is 8. The van der Waals surface area contributed by atoms with Crippen LogP contribution in [-0.2, 0) is 16.1 Å². The minimum absolute atomic E-state index is 0.0415. The third kappa shape index (κ3) is 6.67. The monoisotopic (exact) mass is 601 g/mol. The zero-order chi connectivity index (χ0) is 28.8. The molecule has 3 aromatic rings. The molecule has 7 nitrogen and oxygen atoms in total. The lowest BCUT2D eigenvalue weighted by atomic mass is 10.1. The first-order chi connectivity index (χ1) is 19.2. The molecule has 1 amide bonds. The number of carbonyl (C=O) groups is 2. The lowest BCUT2D eigenvalue weighted by Gasteiger charge is -2.14. The van der Waals surface area contributed by atoms with Gasteiger partial charge in [0, 0.05) is 0 Å². The van der Waals surface area contributed by atoms with Gasteiger partial charge in [0.1, 0.15) is 28.8 Å². The molecule has 40 heavy (non-hydrogen) atoms. The molecule has 0 unspecified atom stereocenters. The number of nitrogens with zero attached hydrogens (tertiary/aromatic N) is 1. The van der Waals surface area contributed by atoms with Crippen LogP contribution in [-0.4, -0.2) is 35.7 Å². The smallest absolute Gasteiger partial charge is 0.344 e. The molecule has 1 aliphatic heterocycles. The Bertz CT molecular complexity index is 1570. The Kier molecular flexibility index (Phi) is 9.52. The van der Waals surface area contributed by atoms with Crippen LogP contribution in [0.3, 0.4) is 0 Å². The van der Waals surface area contributed by atoms with Gasteiger partial charge in [-0.15, -0.1) is 0 Å². The van der Waals surface area contributed by atoms with Gasteiger partial charge in [0.15, 0.2) is 11.5 Å². The first-order valence-electron chi connectivity index (χ1n) is 11.8. The van der Waals surface area contributed by atoms with Gasteiger partial charge in [-0.1, -0.05) is 59.2 Å². The number of aliphatic hydroxyl groups excluding tert-OH is 1. The summed E-state index contributed by atoms with van der Waals surface area (Å²) >= 11 is 13.5. The SMILES string of the molecule is CCOC(=O)C1=C(O)/C(=C/c2cc(Cl)c(OCc3cccc(F)c3)c(OC)c2)SC1=NC(=O)c1ccccc1Cl. The summed E-state index contributed by atoms with van der Waals surface area (Å²) in [5.41, 5.74) is 0.997. The van der Waals surface area contributed by atoms with Gasteiger partial charge in [-0.25, -0.2) is 14.2 Å². The number of benzene rings is 3. The third-order valence-corrected chi connectivity index (χ3v) is 7.13. The lowest BCUT2D eigenvalue weighted by molar-refractivity contribution is -0.138. The summed E-state index contributed by atoms with van der Waals surface area (Å²) in [4.78, 5) is 29.8. The first kappa shape index (κ1) is 29.2. The van der Waals surface area contributed by atoms with Crippen molar-refractivity contribution in [3.63, 3.8) is 0 Å². The van der Waals surface area contributed by atoms with Crippen molar-refractivity contribution in [1.29, 1.82) is 0 Å². The number of hydrogen-bond donors (Lipinski definition) is 1. The molecule has 3 aromatic carbocycles. The summed E-state index contributed by atoms with van der Waals surface area (Å²) in [6.45, 7) is 1.72. The predicted molar refractivity (Wildman–Crippen MR) is 154 cm³/mol. The van der Waals surface area contributed by atoms with E-state index in [1.807, 2.05) is 0 Å². The molecule has 0 atom stereocenters. The van der Waals surface area contributed by atoms with Crippen LogP contribution >= 0.6 is 35.0 Å². The Morgan fingerprint density at radius 2 is 1.85 bits per heavy atom. The van der Waals surface area contributed by atoms with E-state index >= 15 is 0 Å². The second kappa shape index (κ2) is 13.0. The predicted octanol–water partition coefficient (Wildman–Crippen LogP) is 7.42. The Morgan fingerprint density at radius 1 is 1.07 bits per heavy atom. The van der Waals surface area contributed by atoms with Crippen LogP contribution in [0.4, 0.5) is 4.39 Å².